The van der Waals surface area contributed by atoms with Crippen LogP contribution in [-0.2, 0) is 4.79 Å². The van der Waals surface area contributed by atoms with Gasteiger partial charge >= 0.3 is 5.97 Å². The van der Waals surface area contributed by atoms with Crippen molar-refractivity contribution in [3.63, 3.8) is 0 Å². The summed E-state index contributed by atoms with van der Waals surface area (Å²) in [6.07, 6.45) is 2.62. The summed E-state index contributed by atoms with van der Waals surface area (Å²) in [6.45, 7) is 4.01. The fourth-order valence-electron chi connectivity index (χ4n) is 2.01. The predicted molar refractivity (Wildman–Crippen MR) is 86.8 cm³/mol. The number of carboxylic acid groups (broad SMARTS) is 1. The van der Waals surface area contributed by atoms with Crippen molar-refractivity contribution in [1.29, 1.82) is 0 Å². The Morgan fingerprint density at radius 2 is 1.81 bits per heavy atom. The molecule has 21 heavy (non-hydrogen) atoms. The summed E-state index contributed by atoms with van der Waals surface area (Å²) in [4.78, 5) is 10.7. The topological polar surface area (TPSA) is 46.5 Å². The number of carbonyl (C=O) groups is 1. The molecule has 0 fully saturated rings. The first-order valence-electron chi connectivity index (χ1n) is 6.41. The van der Waals surface area contributed by atoms with E-state index in [1.807, 2.05) is 44.2 Å². The fraction of sp³-hybridized carbons (Fsp3) is 0.118. The Bertz CT molecular complexity index is 685. The molecule has 108 valence electrons. The number of aryl methyl sites for hydroxylation is 2. The maximum Gasteiger partial charge on any atom is 0.328 e. The molecule has 0 heterocycles. The summed E-state index contributed by atoms with van der Waals surface area (Å²) in [5, 5.41) is 8.75. The van der Waals surface area contributed by atoms with Crippen molar-refractivity contribution >= 4 is 28.0 Å². The molecule has 0 aliphatic rings. The van der Waals surface area contributed by atoms with Crippen LogP contribution in [0.2, 0.25) is 0 Å². The highest BCUT2D eigenvalue weighted by Gasteiger charge is 2.05. The standard InChI is InChI=1S/C17H15BrO3/c1-11-7-12(2)9-15(8-11)21-16-10-14(18)5-3-13(16)4-6-17(19)20/h3-10H,1-2H3,(H,19,20)/b6-4+. The van der Waals surface area contributed by atoms with E-state index in [2.05, 4.69) is 22.0 Å². The zero-order valence-electron chi connectivity index (χ0n) is 11.8. The van der Waals surface area contributed by atoms with E-state index < -0.39 is 5.97 Å². The zero-order chi connectivity index (χ0) is 15.4. The van der Waals surface area contributed by atoms with Gasteiger partial charge in [0.2, 0.25) is 0 Å². The Morgan fingerprint density at radius 3 is 2.43 bits per heavy atom. The van der Waals surface area contributed by atoms with E-state index >= 15 is 0 Å². The molecular weight excluding hydrogens is 332 g/mol. The van der Waals surface area contributed by atoms with Crippen LogP contribution in [0.5, 0.6) is 11.5 Å². The monoisotopic (exact) mass is 346 g/mol. The molecule has 0 atom stereocenters. The molecule has 4 heteroatoms. The SMILES string of the molecule is Cc1cc(C)cc(Oc2cc(Br)ccc2/C=C/C(=O)O)c1. The minimum atomic E-state index is -0.990. The Hall–Kier alpha value is -2.07. The lowest BCUT2D eigenvalue weighted by molar-refractivity contribution is -0.131. The largest absolute Gasteiger partial charge is 0.478 e. The van der Waals surface area contributed by atoms with Gasteiger partial charge in [0.1, 0.15) is 11.5 Å². The third-order valence-electron chi connectivity index (χ3n) is 2.80. The van der Waals surface area contributed by atoms with Gasteiger partial charge < -0.3 is 9.84 Å². The highest BCUT2D eigenvalue weighted by atomic mass is 79.9. The summed E-state index contributed by atoms with van der Waals surface area (Å²) in [5.41, 5.74) is 2.94. The predicted octanol–water partition coefficient (Wildman–Crippen LogP) is 4.96. The number of ether oxygens (including phenoxy) is 1. The van der Waals surface area contributed by atoms with Gasteiger partial charge in [-0.25, -0.2) is 4.79 Å². The highest BCUT2D eigenvalue weighted by Crippen LogP contribution is 2.30. The van der Waals surface area contributed by atoms with Crippen molar-refractivity contribution in [3.8, 4) is 11.5 Å². The highest BCUT2D eigenvalue weighted by molar-refractivity contribution is 9.10. The van der Waals surface area contributed by atoms with Gasteiger partial charge in [-0.2, -0.15) is 0 Å². The Labute approximate surface area is 132 Å². The summed E-state index contributed by atoms with van der Waals surface area (Å²) >= 11 is 3.40. The van der Waals surface area contributed by atoms with Crippen LogP contribution < -0.4 is 4.74 Å². The van der Waals surface area contributed by atoms with Crippen LogP contribution >= 0.6 is 15.9 Å². The number of hydrogen-bond acceptors (Lipinski definition) is 2. The van der Waals surface area contributed by atoms with E-state index in [0.29, 0.717) is 11.3 Å². The molecule has 0 aromatic heterocycles. The molecule has 2 aromatic carbocycles. The van der Waals surface area contributed by atoms with Crippen molar-refractivity contribution < 1.29 is 14.6 Å². The molecule has 3 nitrogen and oxygen atoms in total. The van der Waals surface area contributed by atoms with Gasteiger partial charge in [0.05, 0.1) is 0 Å². The van der Waals surface area contributed by atoms with Gasteiger partial charge in [-0.15, -0.1) is 0 Å². The number of carboxylic acids is 1. The summed E-state index contributed by atoms with van der Waals surface area (Å²) in [7, 11) is 0. The van der Waals surface area contributed by atoms with Crippen molar-refractivity contribution in [1.82, 2.24) is 0 Å². The van der Waals surface area contributed by atoms with Crippen LogP contribution in [0.4, 0.5) is 0 Å². The van der Waals surface area contributed by atoms with Crippen molar-refractivity contribution in [2.24, 2.45) is 0 Å². The number of rotatable bonds is 4. The summed E-state index contributed by atoms with van der Waals surface area (Å²) in [5.74, 6) is 0.345. The molecule has 0 radical (unpaired) electrons. The molecule has 0 aliphatic carbocycles. The molecule has 1 N–H and O–H groups in total. The Kier molecular flexibility index (Phi) is 4.81. The second-order valence-electron chi connectivity index (χ2n) is 4.78. The fourth-order valence-corrected chi connectivity index (χ4v) is 2.35. The third kappa shape index (κ3) is 4.46. The van der Waals surface area contributed by atoms with Crippen molar-refractivity contribution in [3.05, 3.63) is 63.6 Å². The van der Waals surface area contributed by atoms with Crippen LogP contribution in [-0.4, -0.2) is 11.1 Å². The number of halogens is 1. The normalized spacial score (nSPS) is 10.8. The lowest BCUT2D eigenvalue weighted by Gasteiger charge is -2.11. The maximum absolute atomic E-state index is 10.7. The lowest BCUT2D eigenvalue weighted by atomic mass is 10.1. The van der Waals surface area contributed by atoms with E-state index in [-0.39, 0.29) is 0 Å². The molecular formula is C17H15BrO3. The average molecular weight is 347 g/mol. The zero-order valence-corrected chi connectivity index (χ0v) is 13.3. The molecule has 0 bridgehead atoms. The van der Waals surface area contributed by atoms with Gasteiger partial charge in [0.25, 0.3) is 0 Å². The van der Waals surface area contributed by atoms with Crippen molar-refractivity contribution in [2.45, 2.75) is 13.8 Å². The first-order chi connectivity index (χ1) is 9.94. The lowest BCUT2D eigenvalue weighted by Crippen LogP contribution is -1.91. The van der Waals surface area contributed by atoms with E-state index in [1.165, 1.54) is 6.08 Å². The molecule has 0 spiro atoms. The van der Waals surface area contributed by atoms with E-state index in [4.69, 9.17) is 9.84 Å². The average Bonchev–Trinajstić information content (AvgIpc) is 2.36. The molecule has 2 aromatic rings. The van der Waals surface area contributed by atoms with Crippen LogP contribution in [0.3, 0.4) is 0 Å². The number of benzene rings is 2. The second kappa shape index (κ2) is 6.59. The first kappa shape index (κ1) is 15.3. The van der Waals surface area contributed by atoms with Crippen LogP contribution in [0, 0.1) is 13.8 Å². The molecule has 0 aliphatic heterocycles. The Morgan fingerprint density at radius 1 is 1.14 bits per heavy atom. The second-order valence-corrected chi connectivity index (χ2v) is 5.69. The van der Waals surface area contributed by atoms with Gasteiger partial charge in [-0.1, -0.05) is 28.1 Å². The van der Waals surface area contributed by atoms with E-state index in [1.54, 1.807) is 0 Å². The Balaban J connectivity index is 2.37. The molecule has 0 amide bonds. The summed E-state index contributed by atoms with van der Waals surface area (Å²) < 4.78 is 6.78. The van der Waals surface area contributed by atoms with Gasteiger partial charge in [-0.05, 0) is 55.3 Å². The quantitative estimate of drug-likeness (QED) is 0.796. The first-order valence-corrected chi connectivity index (χ1v) is 7.20. The number of aliphatic carboxylic acids is 1. The van der Waals surface area contributed by atoms with Crippen LogP contribution in [0.25, 0.3) is 6.08 Å². The third-order valence-corrected chi connectivity index (χ3v) is 3.30. The number of hydrogen-bond donors (Lipinski definition) is 1. The minimum absolute atomic E-state index is 0.604. The minimum Gasteiger partial charge on any atom is -0.478 e. The van der Waals surface area contributed by atoms with Gasteiger partial charge in [0, 0.05) is 16.1 Å². The molecule has 2 rings (SSSR count). The van der Waals surface area contributed by atoms with E-state index in [0.717, 1.165) is 27.4 Å². The van der Waals surface area contributed by atoms with E-state index in [9.17, 15) is 4.79 Å². The summed E-state index contributed by atoms with van der Waals surface area (Å²) in [6, 6.07) is 11.4. The van der Waals surface area contributed by atoms with Crippen molar-refractivity contribution in [2.75, 3.05) is 0 Å². The van der Waals surface area contributed by atoms with Crippen LogP contribution in [0.15, 0.2) is 46.9 Å². The van der Waals surface area contributed by atoms with Gasteiger partial charge in [-0.3, -0.25) is 0 Å². The maximum atomic E-state index is 10.7. The molecule has 0 saturated heterocycles. The van der Waals surface area contributed by atoms with Crippen LogP contribution in [0.1, 0.15) is 16.7 Å². The molecule has 0 unspecified atom stereocenters. The van der Waals surface area contributed by atoms with Gasteiger partial charge in [0.15, 0.2) is 0 Å². The molecule has 0 saturated carbocycles. The smallest absolute Gasteiger partial charge is 0.328 e.